The van der Waals surface area contributed by atoms with Crippen LogP contribution in [0.4, 0.5) is 8.78 Å². The fourth-order valence-electron chi connectivity index (χ4n) is 1.69. The minimum atomic E-state index is -0.915. The Hall–Kier alpha value is -1.33. The Balaban J connectivity index is 2.21. The van der Waals surface area contributed by atoms with Gasteiger partial charge in [0.05, 0.1) is 5.69 Å². The van der Waals surface area contributed by atoms with Crippen LogP contribution in [0, 0.1) is 11.6 Å². The number of halogens is 3. The molecule has 0 aliphatic rings. The molecule has 1 heterocycles. The lowest BCUT2D eigenvalue weighted by atomic mass is 10.0. The van der Waals surface area contributed by atoms with Gasteiger partial charge in [0.1, 0.15) is 17.7 Å². The molecule has 0 spiro atoms. The first kappa shape index (κ1) is 13.1. The van der Waals surface area contributed by atoms with E-state index in [1.807, 2.05) is 0 Å². The third-order valence-corrected chi connectivity index (χ3v) is 3.12. The summed E-state index contributed by atoms with van der Waals surface area (Å²) in [5, 5.41) is 10.00. The zero-order chi connectivity index (χ0) is 13.1. The van der Waals surface area contributed by atoms with Gasteiger partial charge in [-0.15, -0.1) is 0 Å². The van der Waals surface area contributed by atoms with Gasteiger partial charge in [-0.3, -0.25) is 4.98 Å². The SMILES string of the molecule is OC(Cc1cc(F)cc(F)c1)c1ncccc1Br. The monoisotopic (exact) mass is 313 g/mol. The molecule has 18 heavy (non-hydrogen) atoms. The molecule has 1 aromatic heterocycles. The quantitative estimate of drug-likeness (QED) is 0.942. The highest BCUT2D eigenvalue weighted by Crippen LogP contribution is 2.24. The van der Waals surface area contributed by atoms with Gasteiger partial charge in [0, 0.05) is 23.2 Å². The number of rotatable bonds is 3. The normalized spacial score (nSPS) is 12.4. The van der Waals surface area contributed by atoms with Crippen molar-refractivity contribution >= 4 is 15.9 Å². The first-order valence-corrected chi connectivity index (χ1v) is 6.09. The summed E-state index contributed by atoms with van der Waals surface area (Å²) in [5.41, 5.74) is 0.833. The number of aliphatic hydroxyl groups excluding tert-OH is 1. The molecule has 5 heteroatoms. The summed E-state index contributed by atoms with van der Waals surface area (Å²) in [5.74, 6) is -1.31. The van der Waals surface area contributed by atoms with Crippen LogP contribution in [-0.4, -0.2) is 10.1 Å². The highest BCUT2D eigenvalue weighted by atomic mass is 79.9. The van der Waals surface area contributed by atoms with Gasteiger partial charge in [-0.1, -0.05) is 0 Å². The Morgan fingerprint density at radius 2 is 1.89 bits per heavy atom. The van der Waals surface area contributed by atoms with Crippen LogP contribution in [0.1, 0.15) is 17.4 Å². The van der Waals surface area contributed by atoms with Crippen molar-refractivity contribution in [3.63, 3.8) is 0 Å². The second-order valence-electron chi connectivity index (χ2n) is 3.87. The van der Waals surface area contributed by atoms with Gasteiger partial charge in [0.25, 0.3) is 0 Å². The Bertz CT molecular complexity index is 542. The predicted molar refractivity (Wildman–Crippen MR) is 67.0 cm³/mol. The van der Waals surface area contributed by atoms with Crippen LogP contribution >= 0.6 is 15.9 Å². The number of aliphatic hydroxyl groups is 1. The van der Waals surface area contributed by atoms with E-state index >= 15 is 0 Å². The molecule has 0 amide bonds. The summed E-state index contributed by atoms with van der Waals surface area (Å²) >= 11 is 3.27. The van der Waals surface area contributed by atoms with E-state index in [1.54, 1.807) is 18.3 Å². The molecule has 0 saturated carbocycles. The third kappa shape index (κ3) is 3.11. The summed E-state index contributed by atoms with van der Waals surface area (Å²) in [6.45, 7) is 0. The van der Waals surface area contributed by atoms with Crippen molar-refractivity contribution in [2.24, 2.45) is 0 Å². The van der Waals surface area contributed by atoms with E-state index in [4.69, 9.17) is 0 Å². The van der Waals surface area contributed by atoms with Crippen LogP contribution in [0.3, 0.4) is 0 Å². The molecule has 0 radical (unpaired) electrons. The third-order valence-electron chi connectivity index (χ3n) is 2.45. The van der Waals surface area contributed by atoms with Crippen molar-refractivity contribution in [3.05, 3.63) is 63.9 Å². The average Bonchev–Trinajstić information content (AvgIpc) is 2.27. The molecule has 1 N–H and O–H groups in total. The number of hydrogen-bond donors (Lipinski definition) is 1. The molecular weight excluding hydrogens is 304 g/mol. The van der Waals surface area contributed by atoms with E-state index in [9.17, 15) is 13.9 Å². The standard InChI is InChI=1S/C13H10BrF2NO/c14-11-2-1-3-17-13(11)12(18)6-8-4-9(15)7-10(16)5-8/h1-5,7,12,18H,6H2. The fourth-order valence-corrected chi connectivity index (χ4v) is 2.21. The summed E-state index contributed by atoms with van der Waals surface area (Å²) in [6.07, 6.45) is 0.738. The summed E-state index contributed by atoms with van der Waals surface area (Å²) < 4.78 is 26.7. The van der Waals surface area contributed by atoms with Crippen LogP contribution in [0.2, 0.25) is 0 Å². The molecule has 0 bridgehead atoms. The summed E-state index contributed by atoms with van der Waals surface area (Å²) in [6, 6.07) is 6.67. The van der Waals surface area contributed by atoms with Crippen molar-refractivity contribution in [1.29, 1.82) is 0 Å². The molecule has 2 nitrogen and oxygen atoms in total. The summed E-state index contributed by atoms with van der Waals surface area (Å²) in [4.78, 5) is 4.03. The van der Waals surface area contributed by atoms with Gasteiger partial charge >= 0.3 is 0 Å². The minimum Gasteiger partial charge on any atom is -0.386 e. The van der Waals surface area contributed by atoms with Crippen molar-refractivity contribution in [2.45, 2.75) is 12.5 Å². The fraction of sp³-hybridized carbons (Fsp3) is 0.154. The Labute approximate surface area is 111 Å². The lowest BCUT2D eigenvalue weighted by Gasteiger charge is -2.11. The van der Waals surface area contributed by atoms with Gasteiger partial charge in [-0.05, 0) is 45.8 Å². The molecule has 1 unspecified atom stereocenters. The van der Waals surface area contributed by atoms with Crippen LogP contribution in [0.25, 0.3) is 0 Å². The number of aromatic nitrogens is 1. The van der Waals surface area contributed by atoms with Crippen LogP contribution in [-0.2, 0) is 6.42 Å². The van der Waals surface area contributed by atoms with Gasteiger partial charge in [0.15, 0.2) is 0 Å². The Morgan fingerprint density at radius 3 is 2.50 bits per heavy atom. The van der Waals surface area contributed by atoms with Crippen LogP contribution in [0.15, 0.2) is 41.0 Å². The van der Waals surface area contributed by atoms with Crippen LogP contribution in [0.5, 0.6) is 0 Å². The lowest BCUT2D eigenvalue weighted by molar-refractivity contribution is 0.172. The Morgan fingerprint density at radius 1 is 1.22 bits per heavy atom. The predicted octanol–water partition coefficient (Wildman–Crippen LogP) is 3.40. The van der Waals surface area contributed by atoms with Gasteiger partial charge < -0.3 is 5.11 Å². The molecule has 0 aliphatic heterocycles. The Kier molecular flexibility index (Phi) is 4.04. The molecule has 0 saturated heterocycles. The lowest BCUT2D eigenvalue weighted by Crippen LogP contribution is -2.05. The average molecular weight is 314 g/mol. The molecule has 94 valence electrons. The number of benzene rings is 1. The molecule has 2 rings (SSSR count). The van der Waals surface area contributed by atoms with Gasteiger partial charge in [-0.2, -0.15) is 0 Å². The maximum Gasteiger partial charge on any atom is 0.126 e. The van der Waals surface area contributed by atoms with E-state index in [0.29, 0.717) is 15.7 Å². The van der Waals surface area contributed by atoms with E-state index in [-0.39, 0.29) is 6.42 Å². The molecule has 0 fully saturated rings. The number of hydrogen-bond acceptors (Lipinski definition) is 2. The van der Waals surface area contributed by atoms with E-state index in [1.165, 1.54) is 12.1 Å². The maximum atomic E-state index is 13.0. The molecule has 1 atom stereocenters. The zero-order valence-corrected chi connectivity index (χ0v) is 10.9. The van der Waals surface area contributed by atoms with Crippen molar-refractivity contribution < 1.29 is 13.9 Å². The highest BCUT2D eigenvalue weighted by Gasteiger charge is 2.14. The first-order chi connectivity index (χ1) is 8.56. The zero-order valence-electron chi connectivity index (χ0n) is 9.28. The summed E-state index contributed by atoms with van der Waals surface area (Å²) in [7, 11) is 0. The van der Waals surface area contributed by atoms with Gasteiger partial charge in [0.2, 0.25) is 0 Å². The van der Waals surface area contributed by atoms with Crippen molar-refractivity contribution in [2.75, 3.05) is 0 Å². The van der Waals surface area contributed by atoms with Crippen molar-refractivity contribution in [1.82, 2.24) is 4.98 Å². The highest BCUT2D eigenvalue weighted by molar-refractivity contribution is 9.10. The second kappa shape index (κ2) is 5.54. The van der Waals surface area contributed by atoms with Crippen LogP contribution < -0.4 is 0 Å². The minimum absolute atomic E-state index is 0.101. The second-order valence-corrected chi connectivity index (χ2v) is 4.72. The number of pyridine rings is 1. The molecule has 0 aliphatic carbocycles. The molecule has 1 aromatic carbocycles. The topological polar surface area (TPSA) is 33.1 Å². The van der Waals surface area contributed by atoms with Gasteiger partial charge in [-0.25, -0.2) is 8.78 Å². The number of nitrogens with zero attached hydrogens (tertiary/aromatic N) is 1. The smallest absolute Gasteiger partial charge is 0.126 e. The van der Waals surface area contributed by atoms with E-state index in [2.05, 4.69) is 20.9 Å². The molecular formula is C13H10BrF2NO. The molecule has 2 aromatic rings. The largest absolute Gasteiger partial charge is 0.386 e. The van der Waals surface area contributed by atoms with Crippen molar-refractivity contribution in [3.8, 4) is 0 Å². The van der Waals surface area contributed by atoms with E-state index in [0.717, 1.165) is 6.07 Å². The maximum absolute atomic E-state index is 13.0. The first-order valence-electron chi connectivity index (χ1n) is 5.29. The van der Waals surface area contributed by atoms with E-state index < -0.39 is 17.7 Å².